The maximum absolute atomic E-state index is 14.3. The van der Waals surface area contributed by atoms with E-state index < -0.39 is 80.2 Å². The SMILES string of the molecule is COCCOCCOCCOC(=O)NC(CCC(F)(F)C(F)(F)C(F)(F)C(F)(F)C(F)(F)C(F)(F)F)NC(=O)OCCOCCOCCOC. The van der Waals surface area contributed by atoms with Crippen molar-refractivity contribution in [3.05, 3.63) is 0 Å². The van der Waals surface area contributed by atoms with Crippen LogP contribution in [0, 0.1) is 0 Å². The lowest BCUT2D eigenvalue weighted by molar-refractivity contribution is -0.440. The topological polar surface area (TPSA) is 132 Å². The van der Waals surface area contributed by atoms with Gasteiger partial charge in [-0.25, -0.2) is 9.59 Å². The van der Waals surface area contributed by atoms with Crippen LogP contribution < -0.4 is 10.6 Å². The highest BCUT2D eigenvalue weighted by Gasteiger charge is 2.90. The molecular formula is C25H37F13N2O10. The van der Waals surface area contributed by atoms with E-state index in [4.69, 9.17) is 28.4 Å². The number of alkyl halides is 13. The summed E-state index contributed by atoms with van der Waals surface area (Å²) in [6.45, 7) is -0.487. The quantitative estimate of drug-likeness (QED) is 0.0692. The monoisotopic (exact) mass is 772 g/mol. The molecule has 0 unspecified atom stereocenters. The van der Waals surface area contributed by atoms with Crippen molar-refractivity contribution in [3.8, 4) is 0 Å². The Morgan fingerprint density at radius 3 is 1.14 bits per heavy atom. The predicted octanol–water partition coefficient (Wildman–Crippen LogP) is 4.64. The van der Waals surface area contributed by atoms with Crippen LogP contribution in [0.3, 0.4) is 0 Å². The maximum atomic E-state index is 14.3. The third-order valence-corrected chi connectivity index (χ3v) is 5.86. The second kappa shape index (κ2) is 21.7. The molecule has 25 heteroatoms. The number of carbonyl (C=O) groups excluding carboxylic acids is 2. The Kier molecular flexibility index (Phi) is 20.6. The summed E-state index contributed by atoms with van der Waals surface area (Å²) in [4.78, 5) is 24.2. The van der Waals surface area contributed by atoms with Crippen molar-refractivity contribution >= 4 is 12.2 Å². The standard InChI is InChI=1S/C25H37F13N2O10/c1-43-5-7-45-9-11-47-13-15-49-18(41)39-17(40-19(42)50-16-14-48-12-10-46-8-6-44-2)3-4-20(26,27)21(28,29)22(30,31)23(32,33)24(34,35)25(36,37)38/h17H,3-16H2,1-2H3,(H,39,41)(H,40,42). The van der Waals surface area contributed by atoms with E-state index in [2.05, 4.69) is 9.47 Å². The van der Waals surface area contributed by atoms with Crippen molar-refractivity contribution in [1.29, 1.82) is 0 Å². The minimum Gasteiger partial charge on any atom is -0.447 e. The first-order valence-corrected chi connectivity index (χ1v) is 14.1. The Morgan fingerprint density at radius 2 is 0.800 bits per heavy atom. The molecule has 0 aliphatic rings. The number of carbonyl (C=O) groups is 2. The van der Waals surface area contributed by atoms with Crippen LogP contribution in [0.15, 0.2) is 0 Å². The van der Waals surface area contributed by atoms with E-state index in [1.165, 1.54) is 14.2 Å². The van der Waals surface area contributed by atoms with Crippen LogP contribution in [0.25, 0.3) is 0 Å². The van der Waals surface area contributed by atoms with Gasteiger partial charge in [-0.15, -0.1) is 0 Å². The molecule has 0 saturated heterocycles. The summed E-state index contributed by atoms with van der Waals surface area (Å²) in [7, 11) is 2.86. The average Bonchev–Trinajstić information content (AvgIpc) is 3.01. The van der Waals surface area contributed by atoms with Crippen LogP contribution in [0.1, 0.15) is 12.8 Å². The van der Waals surface area contributed by atoms with Crippen molar-refractivity contribution in [3.63, 3.8) is 0 Å². The second-order valence-electron chi connectivity index (χ2n) is 9.59. The van der Waals surface area contributed by atoms with E-state index in [1.807, 2.05) is 0 Å². The molecule has 0 aliphatic carbocycles. The third kappa shape index (κ3) is 14.6. The molecule has 0 aromatic heterocycles. The molecule has 12 nitrogen and oxygen atoms in total. The zero-order valence-corrected chi connectivity index (χ0v) is 26.5. The minimum atomic E-state index is -8.08. The third-order valence-electron chi connectivity index (χ3n) is 5.86. The van der Waals surface area contributed by atoms with E-state index in [9.17, 15) is 66.7 Å². The van der Waals surface area contributed by atoms with Crippen LogP contribution in [0.2, 0.25) is 0 Å². The molecule has 0 rings (SSSR count). The lowest BCUT2D eigenvalue weighted by Crippen LogP contribution is -2.70. The lowest BCUT2D eigenvalue weighted by Gasteiger charge is -2.40. The summed E-state index contributed by atoms with van der Waals surface area (Å²) >= 11 is 0. The lowest BCUT2D eigenvalue weighted by atomic mass is 9.91. The number of halogens is 13. The van der Waals surface area contributed by atoms with Gasteiger partial charge in [-0.3, -0.25) is 0 Å². The van der Waals surface area contributed by atoms with Crippen LogP contribution in [0.4, 0.5) is 66.7 Å². The first-order valence-electron chi connectivity index (χ1n) is 14.1. The molecule has 0 heterocycles. The molecule has 2 amide bonds. The number of amides is 2. The molecule has 0 bridgehead atoms. The van der Waals surface area contributed by atoms with Gasteiger partial charge in [0.05, 0.1) is 66.1 Å². The normalized spacial score (nSPS) is 13.4. The van der Waals surface area contributed by atoms with Gasteiger partial charge in [0.2, 0.25) is 0 Å². The van der Waals surface area contributed by atoms with E-state index in [0.29, 0.717) is 0 Å². The summed E-state index contributed by atoms with van der Waals surface area (Å²) in [5.41, 5.74) is 0. The Morgan fingerprint density at radius 1 is 0.480 bits per heavy atom. The second-order valence-corrected chi connectivity index (χ2v) is 9.59. The van der Waals surface area contributed by atoms with Crippen molar-refractivity contribution < 1.29 is 105 Å². The first-order chi connectivity index (χ1) is 23.0. The number of ether oxygens (including phenoxy) is 8. The van der Waals surface area contributed by atoms with Crippen LogP contribution in [-0.4, -0.2) is 148 Å². The van der Waals surface area contributed by atoms with Gasteiger partial charge in [-0.2, -0.15) is 57.1 Å². The van der Waals surface area contributed by atoms with Crippen LogP contribution in [-0.2, 0) is 37.9 Å². The minimum absolute atomic E-state index is 0.00283. The molecule has 0 aromatic rings. The van der Waals surface area contributed by atoms with Crippen molar-refractivity contribution in [2.75, 3.05) is 93.5 Å². The number of nitrogens with one attached hydrogen (secondary N) is 2. The summed E-state index contributed by atoms with van der Waals surface area (Å²) in [5, 5.41) is 3.28. The first kappa shape index (κ1) is 47.4. The van der Waals surface area contributed by atoms with Gasteiger partial charge in [-0.1, -0.05) is 0 Å². The molecule has 50 heavy (non-hydrogen) atoms. The van der Waals surface area contributed by atoms with Gasteiger partial charge in [0.1, 0.15) is 19.4 Å². The van der Waals surface area contributed by atoms with E-state index in [0.717, 1.165) is 0 Å². The van der Waals surface area contributed by atoms with Gasteiger partial charge in [0.25, 0.3) is 0 Å². The van der Waals surface area contributed by atoms with Gasteiger partial charge >= 0.3 is 48.0 Å². The Balaban J connectivity index is 5.50. The highest BCUT2D eigenvalue weighted by atomic mass is 19.4. The fourth-order valence-corrected chi connectivity index (χ4v) is 3.15. The van der Waals surface area contributed by atoms with Gasteiger partial charge < -0.3 is 48.5 Å². The van der Waals surface area contributed by atoms with Crippen molar-refractivity contribution in [2.45, 2.75) is 54.8 Å². The maximum Gasteiger partial charge on any atom is 0.460 e. The zero-order chi connectivity index (χ0) is 38.7. The Hall–Kier alpha value is -2.61. The van der Waals surface area contributed by atoms with Crippen molar-refractivity contribution in [2.24, 2.45) is 0 Å². The number of rotatable bonds is 27. The predicted molar refractivity (Wildman–Crippen MR) is 140 cm³/mol. The number of alkyl carbamates (subject to hydrolysis) is 2. The Bertz CT molecular complexity index is 944. The zero-order valence-electron chi connectivity index (χ0n) is 26.5. The highest BCUT2D eigenvalue weighted by molar-refractivity contribution is 5.70. The smallest absolute Gasteiger partial charge is 0.447 e. The molecule has 298 valence electrons. The largest absolute Gasteiger partial charge is 0.460 e. The van der Waals surface area contributed by atoms with E-state index >= 15 is 0 Å². The number of methoxy groups -OCH3 is 2. The van der Waals surface area contributed by atoms with E-state index in [-0.39, 0.29) is 66.1 Å². The summed E-state index contributed by atoms with van der Waals surface area (Å²) in [6.07, 6.45) is -17.5. The van der Waals surface area contributed by atoms with Crippen LogP contribution in [0.5, 0.6) is 0 Å². The number of hydrogen-bond acceptors (Lipinski definition) is 10. The molecule has 0 radical (unpaired) electrons. The molecule has 0 atom stereocenters. The fraction of sp³-hybridized carbons (Fsp3) is 0.920. The average molecular weight is 773 g/mol. The molecule has 0 saturated carbocycles. The number of hydrogen-bond donors (Lipinski definition) is 2. The molecule has 2 N–H and O–H groups in total. The summed E-state index contributed by atoms with van der Waals surface area (Å²) in [6, 6.07) is 0. The molecule has 0 aromatic carbocycles. The van der Waals surface area contributed by atoms with Gasteiger partial charge in [-0.05, 0) is 6.42 Å². The Labute approximate surface area is 276 Å². The molecule has 0 fully saturated rings. The van der Waals surface area contributed by atoms with E-state index in [1.54, 1.807) is 10.6 Å². The molecule has 0 spiro atoms. The fourth-order valence-electron chi connectivity index (χ4n) is 3.15. The highest BCUT2D eigenvalue weighted by Crippen LogP contribution is 2.60. The van der Waals surface area contributed by atoms with Gasteiger partial charge in [0.15, 0.2) is 0 Å². The summed E-state index contributed by atoms with van der Waals surface area (Å²) < 4.78 is 214. The van der Waals surface area contributed by atoms with Gasteiger partial charge in [0, 0.05) is 20.6 Å². The summed E-state index contributed by atoms with van der Waals surface area (Å²) in [5.74, 6) is -38.0. The molecular weight excluding hydrogens is 735 g/mol. The van der Waals surface area contributed by atoms with Crippen molar-refractivity contribution in [1.82, 2.24) is 10.6 Å². The molecule has 0 aliphatic heterocycles. The van der Waals surface area contributed by atoms with Crippen LogP contribution >= 0.6 is 0 Å².